The van der Waals surface area contributed by atoms with Crippen LogP contribution in [0.4, 0.5) is 0 Å². The number of aliphatic hydroxyl groups excluding tert-OH is 1. The van der Waals surface area contributed by atoms with Crippen LogP contribution >= 0.6 is 0 Å². The van der Waals surface area contributed by atoms with Crippen LogP contribution in [0.3, 0.4) is 0 Å². The van der Waals surface area contributed by atoms with Gasteiger partial charge in [0.25, 0.3) is 0 Å². The highest BCUT2D eigenvalue weighted by atomic mass is 16.5. The number of benzene rings is 2. The van der Waals surface area contributed by atoms with Crippen molar-refractivity contribution in [1.29, 1.82) is 0 Å². The minimum Gasteiger partial charge on any atom is -0.496 e. The third kappa shape index (κ3) is 3.14. The van der Waals surface area contributed by atoms with Crippen LogP contribution in [-0.2, 0) is 13.2 Å². The van der Waals surface area contributed by atoms with Crippen LogP contribution in [0.2, 0.25) is 0 Å². The Morgan fingerprint density at radius 3 is 2.12 bits per heavy atom. The molecule has 1 N–H and O–H groups in total. The van der Waals surface area contributed by atoms with E-state index in [1.54, 1.807) is 14.2 Å². The maximum Gasteiger partial charge on any atom is 0.130 e. The number of aliphatic hydroxyl groups is 1. The second-order valence-corrected chi connectivity index (χ2v) is 5.55. The van der Waals surface area contributed by atoms with Gasteiger partial charge in [-0.25, -0.2) is 0 Å². The lowest BCUT2D eigenvalue weighted by molar-refractivity contribution is 0.282. The maximum atomic E-state index is 9.79. The van der Waals surface area contributed by atoms with E-state index in [4.69, 9.17) is 9.47 Å². The van der Waals surface area contributed by atoms with Gasteiger partial charge < -0.3 is 19.1 Å². The smallest absolute Gasteiger partial charge is 0.130 e. The van der Waals surface area contributed by atoms with Gasteiger partial charge >= 0.3 is 0 Å². The number of nitrogens with zero attached hydrogens (tertiary/aromatic N) is 1. The minimum absolute atomic E-state index is 0.0433. The summed E-state index contributed by atoms with van der Waals surface area (Å²) >= 11 is 0. The lowest BCUT2D eigenvalue weighted by Crippen LogP contribution is -1.96. The molecule has 2 aromatic carbocycles. The zero-order valence-corrected chi connectivity index (χ0v) is 13.9. The van der Waals surface area contributed by atoms with Gasteiger partial charge in [-0.1, -0.05) is 36.4 Å². The molecule has 124 valence electrons. The van der Waals surface area contributed by atoms with Gasteiger partial charge in [-0.05, 0) is 17.7 Å². The van der Waals surface area contributed by atoms with E-state index < -0.39 is 0 Å². The molecule has 0 amide bonds. The number of ether oxygens (including phenoxy) is 2. The molecule has 1 heterocycles. The Morgan fingerprint density at radius 1 is 0.875 bits per heavy atom. The number of hydrogen-bond donors (Lipinski definition) is 1. The monoisotopic (exact) mass is 323 g/mol. The van der Waals surface area contributed by atoms with Gasteiger partial charge in [0, 0.05) is 30.1 Å². The molecule has 0 aliphatic rings. The lowest BCUT2D eigenvalue weighted by Gasteiger charge is -2.13. The first-order valence-corrected chi connectivity index (χ1v) is 7.81. The summed E-state index contributed by atoms with van der Waals surface area (Å²) in [4.78, 5) is 0. The van der Waals surface area contributed by atoms with Crippen molar-refractivity contribution in [2.45, 2.75) is 13.2 Å². The van der Waals surface area contributed by atoms with Crippen molar-refractivity contribution < 1.29 is 14.6 Å². The van der Waals surface area contributed by atoms with E-state index in [-0.39, 0.29) is 6.61 Å². The molecule has 0 aliphatic carbocycles. The average molecular weight is 323 g/mol. The first kappa shape index (κ1) is 16.1. The standard InChI is InChI=1S/C20H21NO3/c1-23-18-9-6-10-19(24-2)20(18)17-13-21(12-16(17)14-22)11-15-7-4-3-5-8-15/h3-10,12-13,22H,11,14H2,1-2H3. The van der Waals surface area contributed by atoms with Crippen LogP contribution in [0.25, 0.3) is 11.1 Å². The molecule has 0 fully saturated rings. The minimum atomic E-state index is -0.0433. The van der Waals surface area contributed by atoms with E-state index in [9.17, 15) is 5.11 Å². The highest BCUT2D eigenvalue weighted by Gasteiger charge is 2.17. The Bertz CT molecular complexity index is 787. The molecular formula is C20H21NO3. The summed E-state index contributed by atoms with van der Waals surface area (Å²) in [6, 6.07) is 15.9. The van der Waals surface area contributed by atoms with Crippen molar-refractivity contribution in [2.24, 2.45) is 0 Å². The van der Waals surface area contributed by atoms with E-state index in [0.29, 0.717) is 0 Å². The van der Waals surface area contributed by atoms with Gasteiger partial charge in [0.2, 0.25) is 0 Å². The molecule has 3 rings (SSSR count). The van der Waals surface area contributed by atoms with Crippen molar-refractivity contribution in [3.63, 3.8) is 0 Å². The van der Waals surface area contributed by atoms with Crippen LogP contribution < -0.4 is 9.47 Å². The Labute approximate surface area is 141 Å². The predicted octanol–water partition coefficient (Wildman–Crippen LogP) is 3.71. The first-order chi connectivity index (χ1) is 11.8. The summed E-state index contributed by atoms with van der Waals surface area (Å²) < 4.78 is 13.1. The van der Waals surface area contributed by atoms with E-state index in [2.05, 4.69) is 16.7 Å². The summed E-state index contributed by atoms with van der Waals surface area (Å²) in [5, 5.41) is 9.79. The van der Waals surface area contributed by atoms with Crippen LogP contribution in [0.15, 0.2) is 60.9 Å². The van der Waals surface area contributed by atoms with Gasteiger partial charge in [0.15, 0.2) is 0 Å². The number of rotatable bonds is 6. The molecule has 0 spiro atoms. The second kappa shape index (κ2) is 7.23. The van der Waals surface area contributed by atoms with Crippen LogP contribution in [0.5, 0.6) is 11.5 Å². The lowest BCUT2D eigenvalue weighted by atomic mass is 10.0. The highest BCUT2D eigenvalue weighted by molar-refractivity contribution is 5.79. The molecule has 24 heavy (non-hydrogen) atoms. The summed E-state index contributed by atoms with van der Waals surface area (Å²) in [5.41, 5.74) is 3.82. The molecule has 4 nitrogen and oxygen atoms in total. The molecule has 0 radical (unpaired) electrons. The first-order valence-electron chi connectivity index (χ1n) is 7.81. The third-order valence-corrected chi connectivity index (χ3v) is 4.04. The summed E-state index contributed by atoms with van der Waals surface area (Å²) in [6.45, 7) is 0.698. The fourth-order valence-corrected chi connectivity index (χ4v) is 2.91. The molecule has 4 heteroatoms. The van der Waals surface area contributed by atoms with Gasteiger partial charge in [-0.3, -0.25) is 0 Å². The molecule has 0 unspecified atom stereocenters. The molecule has 0 saturated heterocycles. The Hall–Kier alpha value is -2.72. The zero-order valence-electron chi connectivity index (χ0n) is 13.9. The largest absolute Gasteiger partial charge is 0.496 e. The van der Waals surface area contributed by atoms with Crippen molar-refractivity contribution >= 4 is 0 Å². The van der Waals surface area contributed by atoms with Crippen molar-refractivity contribution in [2.75, 3.05) is 14.2 Å². The molecule has 3 aromatic rings. The molecule has 0 bridgehead atoms. The highest BCUT2D eigenvalue weighted by Crippen LogP contribution is 2.40. The zero-order chi connectivity index (χ0) is 16.9. The number of aromatic nitrogens is 1. The van der Waals surface area contributed by atoms with Gasteiger partial charge in [0.1, 0.15) is 11.5 Å². The summed E-state index contributed by atoms with van der Waals surface area (Å²) in [5.74, 6) is 1.45. The Morgan fingerprint density at radius 2 is 1.54 bits per heavy atom. The fraction of sp³-hybridized carbons (Fsp3) is 0.200. The quantitative estimate of drug-likeness (QED) is 0.752. The SMILES string of the molecule is COc1cccc(OC)c1-c1cn(Cc2ccccc2)cc1CO. The van der Waals surface area contributed by atoms with E-state index in [0.717, 1.165) is 34.7 Å². The summed E-state index contributed by atoms with van der Waals surface area (Å²) in [7, 11) is 3.27. The maximum absolute atomic E-state index is 9.79. The topological polar surface area (TPSA) is 43.6 Å². The molecular weight excluding hydrogens is 302 g/mol. The molecule has 0 saturated carbocycles. The van der Waals surface area contributed by atoms with Gasteiger partial charge in [0.05, 0.1) is 26.4 Å². The van der Waals surface area contributed by atoms with Crippen molar-refractivity contribution in [3.05, 3.63) is 72.1 Å². The van der Waals surface area contributed by atoms with Crippen molar-refractivity contribution in [1.82, 2.24) is 4.57 Å². The number of methoxy groups -OCH3 is 2. The molecule has 1 aromatic heterocycles. The van der Waals surface area contributed by atoms with E-state index >= 15 is 0 Å². The Kier molecular flexibility index (Phi) is 4.87. The van der Waals surface area contributed by atoms with Gasteiger partial charge in [-0.15, -0.1) is 0 Å². The molecule has 0 atom stereocenters. The van der Waals surface area contributed by atoms with Gasteiger partial charge in [-0.2, -0.15) is 0 Å². The van der Waals surface area contributed by atoms with E-state index in [1.807, 2.05) is 48.8 Å². The normalized spacial score (nSPS) is 10.6. The second-order valence-electron chi connectivity index (χ2n) is 5.55. The summed E-state index contributed by atoms with van der Waals surface area (Å²) in [6.07, 6.45) is 3.99. The van der Waals surface area contributed by atoms with Crippen LogP contribution in [0, 0.1) is 0 Å². The van der Waals surface area contributed by atoms with Crippen LogP contribution in [-0.4, -0.2) is 23.9 Å². The predicted molar refractivity (Wildman–Crippen MR) is 94.4 cm³/mol. The third-order valence-electron chi connectivity index (χ3n) is 4.04. The van der Waals surface area contributed by atoms with E-state index in [1.165, 1.54) is 5.56 Å². The van der Waals surface area contributed by atoms with Crippen LogP contribution in [0.1, 0.15) is 11.1 Å². The molecule has 0 aliphatic heterocycles. The average Bonchev–Trinajstić information content (AvgIpc) is 3.04. The van der Waals surface area contributed by atoms with Crippen molar-refractivity contribution in [3.8, 4) is 22.6 Å². The Balaban J connectivity index is 2.06. The number of hydrogen-bond acceptors (Lipinski definition) is 3. The fourth-order valence-electron chi connectivity index (χ4n) is 2.91.